The Bertz CT molecular complexity index is 1820. The summed E-state index contributed by atoms with van der Waals surface area (Å²) in [7, 11) is 0. The smallest absolute Gasteiger partial charge is 0.0665 e. The summed E-state index contributed by atoms with van der Waals surface area (Å²) in [5.74, 6) is 0. The number of benzene rings is 2. The predicted molar refractivity (Wildman–Crippen MR) is 392 cm³/mol. The van der Waals surface area contributed by atoms with E-state index in [-0.39, 0.29) is 16.5 Å². The molecule has 0 aliphatic carbocycles. The van der Waals surface area contributed by atoms with Crippen molar-refractivity contribution in [2.45, 2.75) is 426 Å². The van der Waals surface area contributed by atoms with Gasteiger partial charge in [0.15, 0.2) is 0 Å². The molecule has 0 atom stereocenters. The van der Waals surface area contributed by atoms with Crippen molar-refractivity contribution in [3.8, 4) is 0 Å². The van der Waals surface area contributed by atoms with E-state index in [9.17, 15) is 0 Å². The van der Waals surface area contributed by atoms with Gasteiger partial charge in [-0.25, -0.2) is 0 Å². The van der Waals surface area contributed by atoms with Crippen LogP contribution in [0.1, 0.15) is 424 Å². The van der Waals surface area contributed by atoms with Crippen LogP contribution in [0.3, 0.4) is 0 Å². The van der Waals surface area contributed by atoms with Gasteiger partial charge < -0.3 is 0 Å². The summed E-state index contributed by atoms with van der Waals surface area (Å²) < 4.78 is 0. The van der Waals surface area contributed by atoms with Gasteiger partial charge in [0.2, 0.25) is 0 Å². The molecular formula is C84H148N2Ni. The van der Waals surface area contributed by atoms with Crippen LogP contribution in [-0.4, -0.2) is 11.4 Å². The van der Waals surface area contributed by atoms with Crippen molar-refractivity contribution in [2.75, 3.05) is 0 Å². The SMILES string of the molecule is CCCCCCCCCCCCCCCCCCCCCCCC/C=C/CCCc1ccccc1N=C(CCCC)C(CCCCCCCC)=Nc1ccccc1CCC/C=C/CCCCCCCCCCCCCCCCCCCCCCCC.[Ni]. The zero-order valence-electron chi connectivity index (χ0n) is 59.0. The molecule has 87 heavy (non-hydrogen) atoms. The van der Waals surface area contributed by atoms with Crippen LogP contribution in [-0.2, 0) is 29.3 Å². The Morgan fingerprint density at radius 1 is 0.241 bits per heavy atom. The van der Waals surface area contributed by atoms with Crippen molar-refractivity contribution in [1.29, 1.82) is 0 Å². The van der Waals surface area contributed by atoms with Gasteiger partial charge in [0, 0.05) is 16.5 Å². The van der Waals surface area contributed by atoms with Crippen molar-refractivity contribution < 1.29 is 16.5 Å². The van der Waals surface area contributed by atoms with E-state index in [0.29, 0.717) is 0 Å². The van der Waals surface area contributed by atoms with E-state index in [1.165, 1.54) is 376 Å². The third-order valence-corrected chi connectivity index (χ3v) is 18.8. The maximum Gasteiger partial charge on any atom is 0.0665 e. The molecule has 0 unspecified atom stereocenters. The van der Waals surface area contributed by atoms with Crippen LogP contribution in [0.25, 0.3) is 0 Å². The minimum atomic E-state index is 0. The fraction of sp³-hybridized carbons (Fsp3) is 0.786. The first-order chi connectivity index (χ1) is 42.7. The number of aliphatic imine (C=N–C) groups is 2. The summed E-state index contributed by atoms with van der Waals surface area (Å²) in [6.07, 6.45) is 94.9. The minimum Gasteiger partial charge on any atom is -0.251 e. The van der Waals surface area contributed by atoms with Crippen molar-refractivity contribution in [1.82, 2.24) is 0 Å². The number of para-hydroxylation sites is 2. The third kappa shape index (κ3) is 54.1. The Morgan fingerprint density at radius 2 is 0.448 bits per heavy atom. The van der Waals surface area contributed by atoms with E-state index < -0.39 is 0 Å². The monoisotopic (exact) mass is 1240 g/mol. The quantitative estimate of drug-likeness (QED) is 0.0273. The molecule has 2 aromatic carbocycles. The van der Waals surface area contributed by atoms with E-state index in [1.807, 2.05) is 0 Å². The molecule has 2 rings (SSSR count). The van der Waals surface area contributed by atoms with E-state index in [2.05, 4.69) is 101 Å². The number of unbranched alkanes of at least 4 members (excludes halogenated alkanes) is 52. The number of hydrogen-bond acceptors (Lipinski definition) is 2. The maximum atomic E-state index is 5.61. The Balaban J connectivity index is 0.0000378. The second-order valence-corrected chi connectivity index (χ2v) is 27.1. The topological polar surface area (TPSA) is 24.7 Å². The molecule has 0 saturated heterocycles. The van der Waals surface area contributed by atoms with Crippen molar-refractivity contribution in [2.24, 2.45) is 9.98 Å². The van der Waals surface area contributed by atoms with E-state index in [4.69, 9.17) is 9.98 Å². The first-order valence-corrected chi connectivity index (χ1v) is 39.3. The van der Waals surface area contributed by atoms with Crippen molar-refractivity contribution >= 4 is 22.8 Å². The summed E-state index contributed by atoms with van der Waals surface area (Å²) >= 11 is 0. The van der Waals surface area contributed by atoms with Crippen LogP contribution in [0.2, 0.25) is 0 Å². The Labute approximate surface area is 555 Å². The average molecular weight is 1240 g/mol. The zero-order chi connectivity index (χ0) is 61.2. The molecule has 0 aliphatic heterocycles. The first kappa shape index (κ1) is 82.8. The van der Waals surface area contributed by atoms with Crippen molar-refractivity contribution in [3.05, 3.63) is 84.0 Å². The average Bonchev–Trinajstić information content (AvgIpc) is 3.70. The summed E-state index contributed by atoms with van der Waals surface area (Å²) in [6.45, 7) is 9.26. The predicted octanol–water partition coefficient (Wildman–Crippen LogP) is 30.2. The number of aryl methyl sites for hydroxylation is 2. The molecule has 3 heteroatoms. The fourth-order valence-corrected chi connectivity index (χ4v) is 12.9. The van der Waals surface area contributed by atoms with E-state index in [1.54, 1.807) is 0 Å². The normalized spacial score (nSPS) is 12.2. The largest absolute Gasteiger partial charge is 0.251 e. The molecule has 0 fully saturated rings. The van der Waals surface area contributed by atoms with Gasteiger partial charge in [-0.15, -0.1) is 0 Å². The molecule has 0 radical (unpaired) electrons. The fourth-order valence-electron chi connectivity index (χ4n) is 12.9. The molecule has 0 aromatic heterocycles. The summed E-state index contributed by atoms with van der Waals surface area (Å²) in [5.41, 5.74) is 7.56. The standard InChI is InChI=1S/C84H148N2.Ni/c1-5-9-13-16-19-21-23-25-27-29-31-33-35-37-39-41-43-45-47-49-51-53-55-57-59-61-64-71-79-73-67-69-76-81(79)85-83(75-12-8-4)84(78-66-63-18-15-11-7-3)86-82-77-70-68-74-80(82)72-65-62-60-58-56-54-52-50-48-46-44-42-40-38-36-34-32-30-28-26-24-22-20-17-14-10-6-2;/h57-60,67-70,73-74,76-77H,5-56,61-66,71-72,75,78H2,1-4H3;/b59-57+,60-58+,85-83?,86-84?;. The second kappa shape index (κ2) is 68.1. The van der Waals surface area contributed by atoms with Crippen LogP contribution in [0.15, 0.2) is 82.8 Å². The zero-order valence-corrected chi connectivity index (χ0v) is 60.0. The maximum absolute atomic E-state index is 5.61. The number of nitrogens with zero attached hydrogens (tertiary/aromatic N) is 2. The van der Waals surface area contributed by atoms with Gasteiger partial charge in [-0.2, -0.15) is 0 Å². The second-order valence-electron chi connectivity index (χ2n) is 27.1. The van der Waals surface area contributed by atoms with Crippen LogP contribution in [0, 0.1) is 0 Å². The summed E-state index contributed by atoms with van der Waals surface area (Å²) in [4.78, 5) is 11.2. The van der Waals surface area contributed by atoms with Gasteiger partial charge in [-0.3, -0.25) is 9.98 Å². The molecule has 0 amide bonds. The minimum absolute atomic E-state index is 0. The van der Waals surface area contributed by atoms with Gasteiger partial charge in [0.1, 0.15) is 0 Å². The van der Waals surface area contributed by atoms with Crippen molar-refractivity contribution in [3.63, 3.8) is 0 Å². The third-order valence-electron chi connectivity index (χ3n) is 18.8. The Hall–Kier alpha value is -2.25. The van der Waals surface area contributed by atoms with Crippen LogP contribution >= 0.6 is 0 Å². The number of hydrogen-bond donors (Lipinski definition) is 0. The Kier molecular flexibility index (Phi) is 64.8. The molecule has 0 bridgehead atoms. The van der Waals surface area contributed by atoms with Gasteiger partial charge in [-0.1, -0.05) is 397 Å². The van der Waals surface area contributed by atoms with Crippen LogP contribution in [0.4, 0.5) is 11.4 Å². The molecule has 0 N–H and O–H groups in total. The summed E-state index contributed by atoms with van der Waals surface area (Å²) in [6, 6.07) is 18.0. The van der Waals surface area contributed by atoms with Gasteiger partial charge in [0.05, 0.1) is 22.8 Å². The van der Waals surface area contributed by atoms with E-state index >= 15 is 0 Å². The van der Waals surface area contributed by atoms with Crippen LogP contribution < -0.4 is 0 Å². The molecule has 0 spiro atoms. The van der Waals surface area contributed by atoms with E-state index in [0.717, 1.165) is 56.3 Å². The summed E-state index contributed by atoms with van der Waals surface area (Å²) in [5, 5.41) is 0. The van der Waals surface area contributed by atoms with Gasteiger partial charge >= 0.3 is 0 Å². The number of allylic oxidation sites excluding steroid dienone is 4. The molecular weight excluding hydrogens is 1100 g/mol. The van der Waals surface area contributed by atoms with Gasteiger partial charge in [0.25, 0.3) is 0 Å². The molecule has 0 aliphatic rings. The molecule has 504 valence electrons. The molecule has 0 heterocycles. The molecule has 2 nitrogen and oxygen atoms in total. The van der Waals surface area contributed by atoms with Gasteiger partial charge in [-0.05, 0) is 113 Å². The van der Waals surface area contributed by atoms with Crippen LogP contribution in [0.5, 0.6) is 0 Å². The first-order valence-electron chi connectivity index (χ1n) is 39.3. The molecule has 0 saturated carbocycles. The Morgan fingerprint density at radius 3 is 0.713 bits per heavy atom. The number of rotatable bonds is 67. The molecule has 2 aromatic rings.